The van der Waals surface area contributed by atoms with Crippen LogP contribution in [0.5, 0.6) is 5.75 Å². The molecular formula is C20H26N2O4. The van der Waals surface area contributed by atoms with Crippen LogP contribution in [0.15, 0.2) is 36.4 Å². The van der Waals surface area contributed by atoms with Crippen molar-refractivity contribution in [1.82, 2.24) is 10.2 Å². The van der Waals surface area contributed by atoms with E-state index in [4.69, 9.17) is 9.84 Å². The Morgan fingerprint density at radius 2 is 1.85 bits per heavy atom. The molecule has 0 aliphatic rings. The first kappa shape index (κ1) is 19.6. The summed E-state index contributed by atoms with van der Waals surface area (Å²) in [4.78, 5) is 24.7. The first-order valence-corrected chi connectivity index (χ1v) is 8.68. The number of nitrogens with one attached hydrogen (secondary N) is 1. The predicted molar refractivity (Wildman–Crippen MR) is 101 cm³/mol. The second kappa shape index (κ2) is 8.56. The van der Waals surface area contributed by atoms with Gasteiger partial charge >= 0.3 is 12.0 Å². The molecule has 6 nitrogen and oxygen atoms in total. The van der Waals surface area contributed by atoms with E-state index in [1.165, 1.54) is 4.90 Å². The number of nitrogens with zero attached hydrogens (tertiary/aromatic N) is 1. The highest BCUT2D eigenvalue weighted by atomic mass is 16.5. The number of aliphatic carboxylic acids is 1. The number of ether oxygens (including phenoxy) is 1. The first-order chi connectivity index (χ1) is 12.3. The van der Waals surface area contributed by atoms with Crippen LogP contribution >= 0.6 is 0 Å². The maximum absolute atomic E-state index is 12.3. The Labute approximate surface area is 153 Å². The van der Waals surface area contributed by atoms with Crippen molar-refractivity contribution in [2.75, 3.05) is 13.6 Å². The lowest BCUT2D eigenvalue weighted by Crippen LogP contribution is -2.40. The summed E-state index contributed by atoms with van der Waals surface area (Å²) in [6.07, 6.45) is 0.0182. The highest BCUT2D eigenvalue weighted by molar-refractivity contribution is 5.88. The summed E-state index contributed by atoms with van der Waals surface area (Å²) in [7, 11) is 1.59. The van der Waals surface area contributed by atoms with Crippen LogP contribution in [0.3, 0.4) is 0 Å². The highest BCUT2D eigenvalue weighted by Gasteiger charge is 2.18. The van der Waals surface area contributed by atoms with Gasteiger partial charge in [0.25, 0.3) is 0 Å². The molecule has 140 valence electrons. The highest BCUT2D eigenvalue weighted by Crippen LogP contribution is 2.28. The number of carboxylic acids is 1. The van der Waals surface area contributed by atoms with Crippen molar-refractivity contribution >= 4 is 22.8 Å². The third-order valence-electron chi connectivity index (χ3n) is 4.09. The molecule has 1 atom stereocenters. The Morgan fingerprint density at radius 1 is 1.15 bits per heavy atom. The third kappa shape index (κ3) is 4.88. The number of benzene rings is 2. The van der Waals surface area contributed by atoms with Gasteiger partial charge in [-0.25, -0.2) is 4.79 Å². The van der Waals surface area contributed by atoms with Gasteiger partial charge in [0.15, 0.2) is 0 Å². The van der Waals surface area contributed by atoms with E-state index in [2.05, 4.69) is 5.32 Å². The summed E-state index contributed by atoms with van der Waals surface area (Å²) >= 11 is 0. The fraction of sp³-hybridized carbons (Fsp3) is 0.400. The molecule has 0 bridgehead atoms. The molecule has 0 heterocycles. The molecule has 0 aromatic heterocycles. The van der Waals surface area contributed by atoms with Crippen LogP contribution in [-0.2, 0) is 11.3 Å². The lowest BCUT2D eigenvalue weighted by atomic mass is 10.0. The number of amides is 2. The maximum Gasteiger partial charge on any atom is 0.317 e. The molecule has 0 aliphatic carbocycles. The number of hydrogen-bond acceptors (Lipinski definition) is 3. The van der Waals surface area contributed by atoms with E-state index in [1.807, 2.05) is 50.2 Å². The summed E-state index contributed by atoms with van der Waals surface area (Å²) in [6.45, 7) is 5.93. The Kier molecular flexibility index (Phi) is 6.44. The van der Waals surface area contributed by atoms with Crippen LogP contribution in [0.2, 0.25) is 0 Å². The molecule has 2 N–H and O–H groups in total. The molecule has 6 heteroatoms. The van der Waals surface area contributed by atoms with Crippen molar-refractivity contribution in [2.45, 2.75) is 33.4 Å². The van der Waals surface area contributed by atoms with Crippen LogP contribution in [0.25, 0.3) is 10.8 Å². The third-order valence-corrected chi connectivity index (χ3v) is 4.09. The van der Waals surface area contributed by atoms with Gasteiger partial charge in [-0.1, -0.05) is 37.3 Å². The van der Waals surface area contributed by atoms with Crippen molar-refractivity contribution in [3.63, 3.8) is 0 Å². The smallest absolute Gasteiger partial charge is 0.317 e. The van der Waals surface area contributed by atoms with E-state index < -0.39 is 11.9 Å². The molecule has 0 aliphatic heterocycles. The van der Waals surface area contributed by atoms with Gasteiger partial charge in [-0.3, -0.25) is 4.79 Å². The molecule has 2 aromatic carbocycles. The average Bonchev–Trinajstić information content (AvgIpc) is 2.59. The number of hydrogen-bond donors (Lipinski definition) is 2. The largest absolute Gasteiger partial charge is 0.491 e. The number of urea groups is 1. The minimum absolute atomic E-state index is 0.0182. The lowest BCUT2D eigenvalue weighted by molar-refractivity contribution is -0.141. The number of carbonyl (C=O) groups excluding carboxylic acids is 1. The second-order valence-corrected chi connectivity index (χ2v) is 6.71. The topological polar surface area (TPSA) is 78.9 Å². The SMILES string of the molecule is CC(C)Oc1ccc2ccccc2c1CNC(=O)N(C)CC(C)C(=O)O. The molecule has 0 spiro atoms. The molecular weight excluding hydrogens is 332 g/mol. The van der Waals surface area contributed by atoms with Crippen molar-refractivity contribution in [2.24, 2.45) is 5.92 Å². The van der Waals surface area contributed by atoms with Crippen molar-refractivity contribution < 1.29 is 19.4 Å². The standard InChI is InChI=1S/C20H26N2O4/c1-13(2)26-18-10-9-15-7-5-6-8-16(15)17(18)11-21-20(25)22(4)12-14(3)19(23)24/h5-10,13-14H,11-12H2,1-4H3,(H,21,25)(H,23,24). The van der Waals surface area contributed by atoms with E-state index >= 15 is 0 Å². The van der Waals surface area contributed by atoms with Gasteiger partial charge in [0.2, 0.25) is 0 Å². The lowest BCUT2D eigenvalue weighted by Gasteiger charge is -2.21. The van der Waals surface area contributed by atoms with E-state index in [0.717, 1.165) is 22.1 Å². The fourth-order valence-electron chi connectivity index (χ4n) is 2.73. The summed E-state index contributed by atoms with van der Waals surface area (Å²) in [6, 6.07) is 11.5. The quantitative estimate of drug-likeness (QED) is 0.794. The maximum atomic E-state index is 12.3. The summed E-state index contributed by atoms with van der Waals surface area (Å²) < 4.78 is 5.90. The summed E-state index contributed by atoms with van der Waals surface area (Å²) in [5.41, 5.74) is 0.907. The van der Waals surface area contributed by atoms with E-state index in [9.17, 15) is 9.59 Å². The number of fused-ring (bicyclic) bond motifs is 1. The van der Waals surface area contributed by atoms with Crippen LogP contribution in [0.1, 0.15) is 26.3 Å². The summed E-state index contributed by atoms with van der Waals surface area (Å²) in [5.74, 6) is -0.810. The zero-order valence-corrected chi connectivity index (χ0v) is 15.7. The van der Waals surface area contributed by atoms with Gasteiger partial charge in [0.1, 0.15) is 5.75 Å². The predicted octanol–water partition coefficient (Wildman–Crippen LogP) is 3.49. The Hall–Kier alpha value is -2.76. The van der Waals surface area contributed by atoms with Crippen molar-refractivity contribution in [3.05, 3.63) is 42.0 Å². The molecule has 2 aromatic rings. The van der Waals surface area contributed by atoms with Gasteiger partial charge in [0.05, 0.1) is 12.0 Å². The number of carboxylic acid groups (broad SMARTS) is 1. The van der Waals surface area contributed by atoms with Crippen molar-refractivity contribution in [3.8, 4) is 5.75 Å². The normalized spacial score (nSPS) is 12.0. The van der Waals surface area contributed by atoms with Gasteiger partial charge in [-0.15, -0.1) is 0 Å². The van der Waals surface area contributed by atoms with Crippen LogP contribution in [-0.4, -0.2) is 41.7 Å². The molecule has 0 saturated carbocycles. The Balaban J connectivity index is 2.18. The summed E-state index contributed by atoms with van der Waals surface area (Å²) in [5, 5.41) is 13.9. The van der Waals surface area contributed by atoms with E-state index in [1.54, 1.807) is 14.0 Å². The van der Waals surface area contributed by atoms with Crippen LogP contribution in [0, 0.1) is 5.92 Å². The number of carbonyl (C=O) groups is 2. The van der Waals surface area contributed by atoms with Crippen LogP contribution < -0.4 is 10.1 Å². The van der Waals surface area contributed by atoms with Crippen molar-refractivity contribution in [1.29, 1.82) is 0 Å². The minimum atomic E-state index is -0.925. The van der Waals surface area contributed by atoms with Gasteiger partial charge in [-0.2, -0.15) is 0 Å². The Bertz CT molecular complexity index is 788. The van der Waals surface area contributed by atoms with E-state index in [0.29, 0.717) is 6.54 Å². The molecule has 0 saturated heterocycles. The zero-order valence-electron chi connectivity index (χ0n) is 15.7. The molecule has 0 radical (unpaired) electrons. The van der Waals surface area contributed by atoms with Crippen LogP contribution in [0.4, 0.5) is 4.79 Å². The number of rotatable bonds is 7. The van der Waals surface area contributed by atoms with Gasteiger partial charge < -0.3 is 20.1 Å². The van der Waals surface area contributed by atoms with Gasteiger partial charge in [0, 0.05) is 25.7 Å². The minimum Gasteiger partial charge on any atom is -0.491 e. The molecule has 0 fully saturated rings. The van der Waals surface area contributed by atoms with E-state index in [-0.39, 0.29) is 18.7 Å². The van der Waals surface area contributed by atoms with Gasteiger partial charge in [-0.05, 0) is 30.7 Å². The average molecular weight is 358 g/mol. The fourth-order valence-corrected chi connectivity index (χ4v) is 2.73. The molecule has 26 heavy (non-hydrogen) atoms. The second-order valence-electron chi connectivity index (χ2n) is 6.71. The zero-order chi connectivity index (χ0) is 19.3. The first-order valence-electron chi connectivity index (χ1n) is 8.68. The Morgan fingerprint density at radius 3 is 2.50 bits per heavy atom. The monoisotopic (exact) mass is 358 g/mol. The molecule has 2 amide bonds. The molecule has 2 rings (SSSR count). The molecule has 1 unspecified atom stereocenters.